The number of aryl methyl sites for hydroxylation is 1. The van der Waals surface area contributed by atoms with E-state index in [0.717, 1.165) is 16.1 Å². The van der Waals surface area contributed by atoms with Gasteiger partial charge in [0.2, 0.25) is 0 Å². The molecule has 0 spiro atoms. The van der Waals surface area contributed by atoms with Crippen LogP contribution in [0.25, 0.3) is 11.0 Å². The first-order valence-electron chi connectivity index (χ1n) is 3.63. The van der Waals surface area contributed by atoms with Crippen molar-refractivity contribution >= 4 is 22.8 Å². The summed E-state index contributed by atoms with van der Waals surface area (Å²) in [5.41, 5.74) is 2.13. The smallest absolute Gasteiger partial charge is 0.124 e. The maximum Gasteiger partial charge on any atom is 0.124 e. The van der Waals surface area contributed by atoms with Crippen molar-refractivity contribution < 1.29 is 0 Å². The van der Waals surface area contributed by atoms with Crippen molar-refractivity contribution in [1.82, 2.24) is 14.5 Å². The van der Waals surface area contributed by atoms with Crippen molar-refractivity contribution in [2.75, 3.05) is 6.26 Å². The molecule has 2 rings (SSSR count). The van der Waals surface area contributed by atoms with Gasteiger partial charge in [0.15, 0.2) is 0 Å². The predicted octanol–water partition coefficient (Wildman–Crippen LogP) is 1.69. The van der Waals surface area contributed by atoms with Gasteiger partial charge in [-0.3, -0.25) is 0 Å². The van der Waals surface area contributed by atoms with Gasteiger partial charge in [0.05, 0.1) is 11.8 Å². The number of hydrogen-bond donors (Lipinski definition) is 0. The zero-order valence-electron chi connectivity index (χ0n) is 6.98. The Balaban J connectivity index is 2.81. The molecule has 0 fully saturated rings. The zero-order valence-corrected chi connectivity index (χ0v) is 7.80. The standard InChI is InChI=1S/C8H9N3S/c1-11-5-10-7-6(11)3-4-9-8(7)12-2/h3-5H,1-2H3. The molecule has 0 amide bonds. The summed E-state index contributed by atoms with van der Waals surface area (Å²) in [6, 6.07) is 1.97. The molecule has 0 radical (unpaired) electrons. The van der Waals surface area contributed by atoms with Gasteiger partial charge in [0, 0.05) is 13.2 Å². The molecular weight excluding hydrogens is 170 g/mol. The first-order chi connectivity index (χ1) is 5.83. The minimum absolute atomic E-state index is 0.993. The van der Waals surface area contributed by atoms with E-state index in [4.69, 9.17) is 0 Å². The molecule has 2 aromatic rings. The van der Waals surface area contributed by atoms with Crippen molar-refractivity contribution in [3.05, 3.63) is 18.6 Å². The summed E-state index contributed by atoms with van der Waals surface area (Å²) in [7, 11) is 1.99. The number of thioether (sulfide) groups is 1. The minimum atomic E-state index is 0.993. The van der Waals surface area contributed by atoms with Crippen LogP contribution in [0, 0.1) is 0 Å². The summed E-state index contributed by atoms with van der Waals surface area (Å²) >= 11 is 1.62. The molecule has 0 atom stereocenters. The molecule has 0 aliphatic carbocycles. The average molecular weight is 179 g/mol. The van der Waals surface area contributed by atoms with E-state index in [2.05, 4.69) is 9.97 Å². The highest BCUT2D eigenvalue weighted by Crippen LogP contribution is 2.21. The van der Waals surface area contributed by atoms with Gasteiger partial charge in [-0.15, -0.1) is 11.8 Å². The number of rotatable bonds is 1. The lowest BCUT2D eigenvalue weighted by molar-refractivity contribution is 0.947. The van der Waals surface area contributed by atoms with Gasteiger partial charge in [0.1, 0.15) is 10.5 Å². The summed E-state index contributed by atoms with van der Waals surface area (Å²) in [5.74, 6) is 0. The summed E-state index contributed by atoms with van der Waals surface area (Å²) in [6.45, 7) is 0. The van der Waals surface area contributed by atoms with Crippen LogP contribution in [0.1, 0.15) is 0 Å². The first kappa shape index (κ1) is 7.61. The largest absolute Gasteiger partial charge is 0.334 e. The highest BCUT2D eigenvalue weighted by Gasteiger charge is 2.04. The second kappa shape index (κ2) is 2.79. The summed E-state index contributed by atoms with van der Waals surface area (Å²) in [4.78, 5) is 8.49. The molecule has 0 aliphatic rings. The van der Waals surface area contributed by atoms with E-state index in [1.807, 2.05) is 36.5 Å². The van der Waals surface area contributed by atoms with E-state index < -0.39 is 0 Å². The molecule has 2 heterocycles. The van der Waals surface area contributed by atoms with E-state index in [-0.39, 0.29) is 0 Å². The van der Waals surface area contributed by atoms with Crippen LogP contribution in [0.5, 0.6) is 0 Å². The summed E-state index contributed by atoms with van der Waals surface area (Å²) in [5, 5.41) is 0.994. The number of fused-ring (bicyclic) bond motifs is 1. The number of imidazole rings is 1. The number of pyridine rings is 1. The maximum atomic E-state index is 4.27. The van der Waals surface area contributed by atoms with E-state index in [1.54, 1.807) is 11.8 Å². The van der Waals surface area contributed by atoms with Crippen molar-refractivity contribution in [1.29, 1.82) is 0 Å². The van der Waals surface area contributed by atoms with Crippen LogP contribution in [-0.4, -0.2) is 20.8 Å². The van der Waals surface area contributed by atoms with Gasteiger partial charge in [-0.25, -0.2) is 9.97 Å². The van der Waals surface area contributed by atoms with Crippen LogP contribution in [0.4, 0.5) is 0 Å². The highest BCUT2D eigenvalue weighted by atomic mass is 32.2. The predicted molar refractivity (Wildman–Crippen MR) is 50.3 cm³/mol. The Labute approximate surface area is 74.8 Å². The molecule has 0 N–H and O–H groups in total. The van der Waals surface area contributed by atoms with Gasteiger partial charge in [0.25, 0.3) is 0 Å². The molecule has 0 bridgehead atoms. The Bertz CT molecular complexity index is 408. The fraction of sp³-hybridized carbons (Fsp3) is 0.250. The molecule has 0 aliphatic heterocycles. The monoisotopic (exact) mass is 179 g/mol. The van der Waals surface area contributed by atoms with Gasteiger partial charge in [-0.05, 0) is 12.3 Å². The lowest BCUT2D eigenvalue weighted by atomic mass is 10.4. The third-order valence-electron chi connectivity index (χ3n) is 1.80. The average Bonchev–Trinajstić information content (AvgIpc) is 2.48. The van der Waals surface area contributed by atoms with Gasteiger partial charge in [-0.2, -0.15) is 0 Å². The molecular formula is C8H9N3S. The first-order valence-corrected chi connectivity index (χ1v) is 4.85. The fourth-order valence-electron chi connectivity index (χ4n) is 1.19. The van der Waals surface area contributed by atoms with Crippen molar-refractivity contribution in [3.8, 4) is 0 Å². The van der Waals surface area contributed by atoms with Gasteiger partial charge >= 0.3 is 0 Å². The maximum absolute atomic E-state index is 4.27. The molecule has 62 valence electrons. The molecule has 0 aromatic carbocycles. The molecule has 0 unspecified atom stereocenters. The van der Waals surface area contributed by atoms with Crippen LogP contribution in [0.15, 0.2) is 23.6 Å². The molecule has 4 heteroatoms. The van der Waals surface area contributed by atoms with Crippen LogP contribution in [0.2, 0.25) is 0 Å². The SMILES string of the molecule is CSc1nccc2c1ncn2C. The number of nitrogens with zero attached hydrogens (tertiary/aromatic N) is 3. The quantitative estimate of drug-likeness (QED) is 0.624. The topological polar surface area (TPSA) is 30.7 Å². The molecule has 2 aromatic heterocycles. The highest BCUT2D eigenvalue weighted by molar-refractivity contribution is 7.98. The Morgan fingerprint density at radius 2 is 2.25 bits per heavy atom. The Morgan fingerprint density at radius 3 is 3.00 bits per heavy atom. The third-order valence-corrected chi connectivity index (χ3v) is 2.49. The molecule has 0 saturated carbocycles. The van der Waals surface area contributed by atoms with Crippen LogP contribution in [-0.2, 0) is 7.05 Å². The molecule has 0 saturated heterocycles. The second-order valence-electron chi connectivity index (χ2n) is 2.54. The number of aromatic nitrogens is 3. The minimum Gasteiger partial charge on any atom is -0.334 e. The van der Waals surface area contributed by atoms with E-state index >= 15 is 0 Å². The van der Waals surface area contributed by atoms with Gasteiger partial charge in [-0.1, -0.05) is 0 Å². The summed E-state index contributed by atoms with van der Waals surface area (Å²) in [6.07, 6.45) is 5.64. The zero-order chi connectivity index (χ0) is 8.55. The van der Waals surface area contributed by atoms with Crippen molar-refractivity contribution in [2.45, 2.75) is 5.03 Å². The normalized spacial score (nSPS) is 10.8. The van der Waals surface area contributed by atoms with Gasteiger partial charge < -0.3 is 4.57 Å². The number of hydrogen-bond acceptors (Lipinski definition) is 3. The molecule has 3 nitrogen and oxygen atoms in total. The Hall–Kier alpha value is -1.03. The lowest BCUT2D eigenvalue weighted by Crippen LogP contribution is -1.85. The van der Waals surface area contributed by atoms with Crippen molar-refractivity contribution in [3.63, 3.8) is 0 Å². The second-order valence-corrected chi connectivity index (χ2v) is 3.34. The van der Waals surface area contributed by atoms with E-state index in [9.17, 15) is 0 Å². The lowest BCUT2D eigenvalue weighted by Gasteiger charge is -1.96. The molecule has 12 heavy (non-hydrogen) atoms. The fourth-order valence-corrected chi connectivity index (χ4v) is 1.70. The van der Waals surface area contributed by atoms with E-state index in [0.29, 0.717) is 0 Å². The third kappa shape index (κ3) is 0.992. The Morgan fingerprint density at radius 1 is 1.42 bits per heavy atom. The van der Waals surface area contributed by atoms with Crippen LogP contribution < -0.4 is 0 Å². The Kier molecular flexibility index (Phi) is 1.77. The summed E-state index contributed by atoms with van der Waals surface area (Å²) < 4.78 is 2.00. The van der Waals surface area contributed by atoms with Crippen molar-refractivity contribution in [2.24, 2.45) is 7.05 Å². The van der Waals surface area contributed by atoms with Crippen LogP contribution >= 0.6 is 11.8 Å². The van der Waals surface area contributed by atoms with Crippen LogP contribution in [0.3, 0.4) is 0 Å². The van der Waals surface area contributed by atoms with E-state index in [1.165, 1.54) is 0 Å².